The van der Waals surface area contributed by atoms with Gasteiger partial charge in [0.1, 0.15) is 0 Å². The molecule has 2 N–H and O–H groups in total. The van der Waals surface area contributed by atoms with Gasteiger partial charge in [-0.3, -0.25) is 4.79 Å². The van der Waals surface area contributed by atoms with Gasteiger partial charge in [-0.1, -0.05) is 6.07 Å². The summed E-state index contributed by atoms with van der Waals surface area (Å²) in [6, 6.07) is 4.76. The first-order valence-electron chi connectivity index (χ1n) is 6.17. The van der Waals surface area contributed by atoms with Gasteiger partial charge in [-0.05, 0) is 32.9 Å². The molecular formula is C14H21NO4. The first-order valence-corrected chi connectivity index (χ1v) is 6.17. The number of rotatable bonds is 5. The third-order valence-corrected chi connectivity index (χ3v) is 2.70. The van der Waals surface area contributed by atoms with Crippen LogP contribution in [0.15, 0.2) is 18.2 Å². The van der Waals surface area contributed by atoms with Gasteiger partial charge < -0.3 is 19.8 Å². The van der Waals surface area contributed by atoms with Gasteiger partial charge in [0.05, 0.1) is 18.3 Å². The number of ether oxygens (including phenoxy) is 1. The molecule has 0 saturated carbocycles. The van der Waals surface area contributed by atoms with E-state index in [-0.39, 0.29) is 29.5 Å². The number of para-hydroxylation sites is 1. The molecule has 1 aromatic rings. The smallest absolute Gasteiger partial charge is 0.257 e. The lowest BCUT2D eigenvalue weighted by atomic mass is 10.1. The number of methoxy groups -OCH3 is 1. The number of aromatic hydroxyl groups is 1. The van der Waals surface area contributed by atoms with Crippen LogP contribution in [0.3, 0.4) is 0 Å². The number of aliphatic hydroxyl groups is 1. The van der Waals surface area contributed by atoms with Crippen molar-refractivity contribution in [3.05, 3.63) is 23.8 Å². The minimum Gasteiger partial charge on any atom is -0.504 e. The van der Waals surface area contributed by atoms with Crippen molar-refractivity contribution >= 4 is 5.91 Å². The standard InChI is InChI=1S/C14H21NO4/c1-5-15(9-14(2,3)18)13(17)10-7-6-8-11(19-4)12(10)16/h6-8,16,18H,5,9H2,1-4H3. The highest BCUT2D eigenvalue weighted by Crippen LogP contribution is 2.30. The number of benzene rings is 1. The van der Waals surface area contributed by atoms with Crippen molar-refractivity contribution in [2.75, 3.05) is 20.2 Å². The summed E-state index contributed by atoms with van der Waals surface area (Å²) in [6.07, 6.45) is 0. The average Bonchev–Trinajstić information content (AvgIpc) is 2.34. The molecule has 0 aliphatic carbocycles. The van der Waals surface area contributed by atoms with Crippen LogP contribution in [0.5, 0.6) is 11.5 Å². The zero-order chi connectivity index (χ0) is 14.6. The van der Waals surface area contributed by atoms with E-state index >= 15 is 0 Å². The van der Waals surface area contributed by atoms with Crippen molar-refractivity contribution in [2.24, 2.45) is 0 Å². The molecule has 5 heteroatoms. The first-order chi connectivity index (χ1) is 8.80. The average molecular weight is 267 g/mol. The summed E-state index contributed by atoms with van der Waals surface area (Å²) in [5.41, 5.74) is -0.814. The van der Waals surface area contributed by atoms with E-state index in [1.54, 1.807) is 26.0 Å². The molecule has 0 heterocycles. The number of likely N-dealkylation sites (N-methyl/N-ethyl adjacent to an activating group) is 1. The summed E-state index contributed by atoms with van der Waals surface area (Å²) in [4.78, 5) is 13.8. The summed E-state index contributed by atoms with van der Waals surface area (Å²) in [5, 5.41) is 19.8. The molecule has 0 spiro atoms. The van der Waals surface area contributed by atoms with E-state index in [9.17, 15) is 15.0 Å². The summed E-state index contributed by atoms with van der Waals surface area (Å²) in [6.45, 7) is 5.72. The van der Waals surface area contributed by atoms with Crippen molar-refractivity contribution in [3.63, 3.8) is 0 Å². The highest BCUT2D eigenvalue weighted by Gasteiger charge is 2.24. The summed E-state index contributed by atoms with van der Waals surface area (Å²) in [7, 11) is 1.43. The minimum atomic E-state index is -0.986. The molecule has 0 saturated heterocycles. The molecule has 1 aromatic carbocycles. The molecule has 0 atom stereocenters. The number of hydrogen-bond acceptors (Lipinski definition) is 4. The minimum absolute atomic E-state index is 0.172. The monoisotopic (exact) mass is 267 g/mol. The Bertz CT molecular complexity index is 451. The van der Waals surface area contributed by atoms with E-state index in [0.29, 0.717) is 6.54 Å². The van der Waals surface area contributed by atoms with Crippen LogP contribution in [0.1, 0.15) is 31.1 Å². The zero-order valence-corrected chi connectivity index (χ0v) is 11.8. The van der Waals surface area contributed by atoms with Crippen molar-refractivity contribution < 1.29 is 19.7 Å². The summed E-state index contributed by atoms with van der Waals surface area (Å²) < 4.78 is 4.98. The summed E-state index contributed by atoms with van der Waals surface area (Å²) >= 11 is 0. The number of amides is 1. The maximum atomic E-state index is 12.3. The fourth-order valence-electron chi connectivity index (χ4n) is 1.82. The van der Waals surface area contributed by atoms with Gasteiger partial charge >= 0.3 is 0 Å². The van der Waals surface area contributed by atoms with Gasteiger partial charge in [-0.2, -0.15) is 0 Å². The van der Waals surface area contributed by atoms with E-state index in [1.807, 2.05) is 6.92 Å². The highest BCUT2D eigenvalue weighted by molar-refractivity contribution is 5.97. The van der Waals surface area contributed by atoms with Crippen LogP contribution in [0.4, 0.5) is 0 Å². The Kier molecular flexibility index (Phi) is 4.78. The number of hydrogen-bond donors (Lipinski definition) is 2. The molecule has 106 valence electrons. The lowest BCUT2D eigenvalue weighted by Crippen LogP contribution is -2.42. The van der Waals surface area contributed by atoms with Crippen LogP contribution in [0, 0.1) is 0 Å². The molecule has 0 aromatic heterocycles. The highest BCUT2D eigenvalue weighted by atomic mass is 16.5. The van der Waals surface area contributed by atoms with Gasteiger partial charge in [0.15, 0.2) is 11.5 Å². The Morgan fingerprint density at radius 3 is 2.53 bits per heavy atom. The number of phenolic OH excluding ortho intramolecular Hbond substituents is 1. The van der Waals surface area contributed by atoms with E-state index in [0.717, 1.165) is 0 Å². The SMILES string of the molecule is CCN(CC(C)(C)O)C(=O)c1cccc(OC)c1O. The molecule has 1 rings (SSSR count). The van der Waals surface area contributed by atoms with Crippen LogP contribution in [-0.4, -0.2) is 46.8 Å². The molecule has 0 bridgehead atoms. The largest absolute Gasteiger partial charge is 0.504 e. The maximum absolute atomic E-state index is 12.3. The fourth-order valence-corrected chi connectivity index (χ4v) is 1.82. The molecule has 19 heavy (non-hydrogen) atoms. The second-order valence-corrected chi connectivity index (χ2v) is 4.99. The van der Waals surface area contributed by atoms with Crippen LogP contribution >= 0.6 is 0 Å². The molecule has 0 radical (unpaired) electrons. The van der Waals surface area contributed by atoms with Crippen molar-refractivity contribution in [1.29, 1.82) is 0 Å². The van der Waals surface area contributed by atoms with Gasteiger partial charge in [-0.15, -0.1) is 0 Å². The summed E-state index contributed by atoms with van der Waals surface area (Å²) in [5.74, 6) is -0.254. The lowest BCUT2D eigenvalue weighted by Gasteiger charge is -2.28. The van der Waals surface area contributed by atoms with Crippen LogP contribution in [-0.2, 0) is 0 Å². The van der Waals surface area contributed by atoms with Crippen LogP contribution in [0.2, 0.25) is 0 Å². The van der Waals surface area contributed by atoms with Crippen LogP contribution in [0.25, 0.3) is 0 Å². The van der Waals surface area contributed by atoms with E-state index < -0.39 is 5.60 Å². The number of carbonyl (C=O) groups is 1. The Morgan fingerprint density at radius 2 is 2.05 bits per heavy atom. The number of carbonyl (C=O) groups excluding carboxylic acids is 1. The number of nitrogens with zero attached hydrogens (tertiary/aromatic N) is 1. The van der Waals surface area contributed by atoms with Gasteiger partial charge in [0.25, 0.3) is 5.91 Å². The Balaban J connectivity index is 3.04. The van der Waals surface area contributed by atoms with E-state index in [2.05, 4.69) is 0 Å². The van der Waals surface area contributed by atoms with Gasteiger partial charge in [0, 0.05) is 13.1 Å². The van der Waals surface area contributed by atoms with Gasteiger partial charge in [-0.25, -0.2) is 0 Å². The van der Waals surface area contributed by atoms with Crippen molar-refractivity contribution in [1.82, 2.24) is 4.90 Å². The Labute approximate surface area is 113 Å². The van der Waals surface area contributed by atoms with Crippen LogP contribution < -0.4 is 4.74 Å². The number of phenols is 1. The second-order valence-electron chi connectivity index (χ2n) is 4.99. The predicted octanol–water partition coefficient (Wildman–Crippen LogP) is 1.63. The van der Waals surface area contributed by atoms with E-state index in [4.69, 9.17) is 4.74 Å². The third kappa shape index (κ3) is 3.86. The third-order valence-electron chi connectivity index (χ3n) is 2.70. The molecule has 0 unspecified atom stereocenters. The molecule has 1 amide bonds. The molecule has 0 aliphatic rings. The maximum Gasteiger partial charge on any atom is 0.257 e. The normalized spacial score (nSPS) is 11.2. The molecule has 5 nitrogen and oxygen atoms in total. The Hall–Kier alpha value is -1.75. The molecule has 0 aliphatic heterocycles. The quantitative estimate of drug-likeness (QED) is 0.850. The van der Waals surface area contributed by atoms with Gasteiger partial charge in [0.2, 0.25) is 0 Å². The van der Waals surface area contributed by atoms with Crippen molar-refractivity contribution in [2.45, 2.75) is 26.4 Å². The zero-order valence-electron chi connectivity index (χ0n) is 11.8. The van der Waals surface area contributed by atoms with Crippen molar-refractivity contribution in [3.8, 4) is 11.5 Å². The topological polar surface area (TPSA) is 70.0 Å². The second kappa shape index (κ2) is 5.93. The first kappa shape index (κ1) is 15.3. The molecular weight excluding hydrogens is 246 g/mol. The Morgan fingerprint density at radius 1 is 1.42 bits per heavy atom. The lowest BCUT2D eigenvalue weighted by molar-refractivity contribution is 0.0313. The van der Waals surface area contributed by atoms with E-state index in [1.165, 1.54) is 18.1 Å². The molecule has 0 fully saturated rings. The fraction of sp³-hybridized carbons (Fsp3) is 0.500. The predicted molar refractivity (Wildman–Crippen MR) is 72.5 cm³/mol.